The largest absolute Gasteiger partial charge is 0.435 e. The van der Waals surface area contributed by atoms with Crippen molar-refractivity contribution in [3.8, 4) is 0 Å². The van der Waals surface area contributed by atoms with Crippen LogP contribution in [0.25, 0.3) is 0 Å². The first-order chi connectivity index (χ1) is 10.3. The standard InChI is InChI=1S/C12H11F9N2/c13-8-7-6(2-4-10(8,14)15)23(5-1-3-11(16,17)18)22-9(7)12(19,20)21/h8H,1-5H2/t8-/m0/s1. The molecule has 0 N–H and O–H groups in total. The second-order valence-electron chi connectivity index (χ2n) is 5.27. The minimum absolute atomic E-state index is 0.419. The van der Waals surface area contributed by atoms with Gasteiger partial charge < -0.3 is 0 Å². The Balaban J connectivity index is 2.36. The fraction of sp³-hybridized carbons (Fsp3) is 0.750. The summed E-state index contributed by atoms with van der Waals surface area (Å²) in [5.41, 5.74) is -3.48. The van der Waals surface area contributed by atoms with Gasteiger partial charge in [-0.1, -0.05) is 0 Å². The van der Waals surface area contributed by atoms with E-state index in [1.165, 1.54) is 0 Å². The summed E-state index contributed by atoms with van der Waals surface area (Å²) >= 11 is 0. The number of halogens is 9. The molecule has 2 nitrogen and oxygen atoms in total. The van der Waals surface area contributed by atoms with Crippen molar-refractivity contribution >= 4 is 0 Å². The highest BCUT2D eigenvalue weighted by atomic mass is 19.4. The van der Waals surface area contributed by atoms with Gasteiger partial charge in [-0.2, -0.15) is 31.4 Å². The molecule has 0 aliphatic heterocycles. The van der Waals surface area contributed by atoms with Crippen LogP contribution in [0.2, 0.25) is 0 Å². The predicted molar refractivity (Wildman–Crippen MR) is 59.6 cm³/mol. The Morgan fingerprint density at radius 1 is 1.13 bits per heavy atom. The lowest BCUT2D eigenvalue weighted by Gasteiger charge is -2.27. The van der Waals surface area contributed by atoms with E-state index in [9.17, 15) is 39.5 Å². The van der Waals surface area contributed by atoms with Crippen LogP contribution in [0.15, 0.2) is 0 Å². The Morgan fingerprint density at radius 3 is 2.26 bits per heavy atom. The third-order valence-electron chi connectivity index (χ3n) is 3.52. The maximum Gasteiger partial charge on any atom is 0.435 e. The number of aryl methyl sites for hydroxylation is 1. The fourth-order valence-corrected chi connectivity index (χ4v) is 2.49. The van der Waals surface area contributed by atoms with Gasteiger partial charge in [0, 0.05) is 30.6 Å². The van der Waals surface area contributed by atoms with Crippen LogP contribution in [0.5, 0.6) is 0 Å². The second-order valence-corrected chi connectivity index (χ2v) is 5.27. The quantitative estimate of drug-likeness (QED) is 0.711. The van der Waals surface area contributed by atoms with Crippen molar-refractivity contribution in [1.29, 1.82) is 0 Å². The van der Waals surface area contributed by atoms with Crippen LogP contribution >= 0.6 is 0 Å². The summed E-state index contributed by atoms with van der Waals surface area (Å²) in [7, 11) is 0. The Bertz CT molecular complexity index is 570. The van der Waals surface area contributed by atoms with Gasteiger partial charge in [0.2, 0.25) is 0 Å². The van der Waals surface area contributed by atoms with Gasteiger partial charge in [0.1, 0.15) is 0 Å². The molecule has 1 aromatic rings. The summed E-state index contributed by atoms with van der Waals surface area (Å²) in [5, 5.41) is 3.05. The molecule has 1 aliphatic carbocycles. The lowest BCUT2D eigenvalue weighted by Crippen LogP contribution is -2.31. The van der Waals surface area contributed by atoms with Crippen LogP contribution in [-0.4, -0.2) is 21.9 Å². The monoisotopic (exact) mass is 354 g/mol. The molecule has 1 aliphatic rings. The molecule has 0 spiro atoms. The maximum absolute atomic E-state index is 13.8. The minimum atomic E-state index is -5.17. The first kappa shape index (κ1) is 17.9. The van der Waals surface area contributed by atoms with E-state index in [1.807, 2.05) is 0 Å². The smallest absolute Gasteiger partial charge is 0.269 e. The molecule has 0 aromatic carbocycles. The lowest BCUT2D eigenvalue weighted by atomic mass is 9.90. The van der Waals surface area contributed by atoms with E-state index in [-0.39, 0.29) is 0 Å². The highest BCUT2D eigenvalue weighted by Crippen LogP contribution is 2.48. The van der Waals surface area contributed by atoms with Gasteiger partial charge >= 0.3 is 12.4 Å². The fourth-order valence-electron chi connectivity index (χ4n) is 2.49. The van der Waals surface area contributed by atoms with E-state index in [0.29, 0.717) is 4.68 Å². The summed E-state index contributed by atoms with van der Waals surface area (Å²) < 4.78 is 116. The zero-order valence-corrected chi connectivity index (χ0v) is 11.4. The van der Waals surface area contributed by atoms with Crippen LogP contribution in [0.3, 0.4) is 0 Å². The highest BCUT2D eigenvalue weighted by Gasteiger charge is 2.52. The molecular formula is C12H11F9N2. The molecule has 11 heteroatoms. The molecule has 1 atom stereocenters. The van der Waals surface area contributed by atoms with Gasteiger partial charge in [-0.3, -0.25) is 4.68 Å². The molecular weight excluding hydrogens is 343 g/mol. The average Bonchev–Trinajstić information content (AvgIpc) is 2.72. The van der Waals surface area contributed by atoms with Gasteiger partial charge in [-0.15, -0.1) is 0 Å². The van der Waals surface area contributed by atoms with E-state index in [1.54, 1.807) is 0 Å². The van der Waals surface area contributed by atoms with Crippen molar-refractivity contribution < 1.29 is 39.5 Å². The number of alkyl halides is 9. The van der Waals surface area contributed by atoms with E-state index in [4.69, 9.17) is 0 Å². The van der Waals surface area contributed by atoms with Crippen LogP contribution in [-0.2, 0) is 19.1 Å². The average molecular weight is 354 g/mol. The molecule has 0 saturated heterocycles. The predicted octanol–water partition coefficient (Wildman–Crippen LogP) is 4.84. The minimum Gasteiger partial charge on any atom is -0.269 e. The van der Waals surface area contributed by atoms with Crippen molar-refractivity contribution in [2.24, 2.45) is 0 Å². The molecule has 0 fully saturated rings. The molecule has 2 rings (SSSR count). The van der Waals surface area contributed by atoms with Gasteiger partial charge in [0.05, 0.1) is 0 Å². The molecule has 1 heterocycles. The summed E-state index contributed by atoms with van der Waals surface area (Å²) in [6.07, 6.45) is -16.3. The van der Waals surface area contributed by atoms with Crippen molar-refractivity contribution in [3.05, 3.63) is 17.0 Å². The van der Waals surface area contributed by atoms with Crippen molar-refractivity contribution in [3.63, 3.8) is 0 Å². The summed E-state index contributed by atoms with van der Waals surface area (Å²) in [6, 6.07) is 0. The SMILES string of the molecule is F[C@H]1c2c(C(F)(F)F)nn(CCCC(F)(F)F)c2CCC1(F)F. The molecule has 0 bridgehead atoms. The number of rotatable bonds is 3. The molecule has 132 valence electrons. The van der Waals surface area contributed by atoms with Crippen LogP contribution in [0.4, 0.5) is 39.5 Å². The summed E-state index contributed by atoms with van der Waals surface area (Å²) in [4.78, 5) is 0. The Kier molecular flexibility index (Phi) is 4.35. The number of hydrogen-bond acceptors (Lipinski definition) is 1. The van der Waals surface area contributed by atoms with E-state index < -0.39 is 73.6 Å². The molecule has 0 amide bonds. The van der Waals surface area contributed by atoms with Crippen molar-refractivity contribution in [2.45, 2.75) is 56.7 Å². The Labute approximate surface area is 124 Å². The van der Waals surface area contributed by atoms with Crippen LogP contribution in [0.1, 0.15) is 42.4 Å². The van der Waals surface area contributed by atoms with Gasteiger partial charge in [0.25, 0.3) is 5.92 Å². The molecule has 0 radical (unpaired) electrons. The van der Waals surface area contributed by atoms with Crippen molar-refractivity contribution in [1.82, 2.24) is 9.78 Å². The molecule has 23 heavy (non-hydrogen) atoms. The number of nitrogens with zero attached hydrogens (tertiary/aromatic N) is 2. The van der Waals surface area contributed by atoms with Crippen LogP contribution in [0, 0.1) is 0 Å². The maximum atomic E-state index is 13.8. The molecule has 0 unspecified atom stereocenters. The normalized spacial score (nSPS) is 21.3. The third kappa shape index (κ3) is 3.74. The second kappa shape index (κ2) is 5.59. The summed E-state index contributed by atoms with van der Waals surface area (Å²) in [5.74, 6) is -3.97. The molecule has 0 saturated carbocycles. The highest BCUT2D eigenvalue weighted by molar-refractivity contribution is 5.35. The van der Waals surface area contributed by atoms with Gasteiger partial charge in [-0.05, 0) is 12.8 Å². The lowest BCUT2D eigenvalue weighted by molar-refractivity contribution is -0.145. The van der Waals surface area contributed by atoms with Crippen molar-refractivity contribution in [2.75, 3.05) is 0 Å². The summed E-state index contributed by atoms with van der Waals surface area (Å²) in [6.45, 7) is -0.559. The topological polar surface area (TPSA) is 17.8 Å². The Hall–Kier alpha value is -1.42. The van der Waals surface area contributed by atoms with Gasteiger partial charge in [-0.25, -0.2) is 13.2 Å². The molecule has 1 aromatic heterocycles. The first-order valence-electron chi connectivity index (χ1n) is 6.58. The third-order valence-corrected chi connectivity index (χ3v) is 3.52. The van der Waals surface area contributed by atoms with E-state index in [0.717, 1.165) is 0 Å². The zero-order valence-electron chi connectivity index (χ0n) is 11.4. The van der Waals surface area contributed by atoms with Crippen LogP contribution < -0.4 is 0 Å². The number of fused-ring (bicyclic) bond motifs is 1. The zero-order chi connectivity index (χ0) is 17.6. The Morgan fingerprint density at radius 2 is 1.74 bits per heavy atom. The number of hydrogen-bond donors (Lipinski definition) is 0. The van der Waals surface area contributed by atoms with Gasteiger partial charge in [0.15, 0.2) is 11.9 Å². The van der Waals surface area contributed by atoms with E-state index >= 15 is 0 Å². The number of aromatic nitrogens is 2. The van der Waals surface area contributed by atoms with E-state index in [2.05, 4.69) is 5.10 Å². The first-order valence-corrected chi connectivity index (χ1v) is 6.58.